The standard InChI is InChI=1S/C14H20ClN3S/c1-3-5-6-7-8-16-12-11-9-10(4-2)19-13(11)18-14(15)17-12/h9H,3-8H2,1-2H3,(H,16,17,18). The van der Waals surface area contributed by atoms with Gasteiger partial charge in [-0.15, -0.1) is 11.3 Å². The van der Waals surface area contributed by atoms with Crippen LogP contribution in [0.15, 0.2) is 6.07 Å². The molecule has 0 spiro atoms. The molecular weight excluding hydrogens is 278 g/mol. The molecule has 2 heterocycles. The molecule has 2 rings (SSSR count). The van der Waals surface area contributed by atoms with Crippen LogP contribution in [0.2, 0.25) is 5.28 Å². The van der Waals surface area contributed by atoms with E-state index >= 15 is 0 Å². The van der Waals surface area contributed by atoms with Crippen LogP contribution in [0.1, 0.15) is 44.4 Å². The lowest BCUT2D eigenvalue weighted by molar-refractivity contribution is 0.684. The first-order valence-corrected chi connectivity index (χ1v) is 8.13. The number of unbranched alkanes of at least 4 members (excludes halogenated alkanes) is 3. The van der Waals surface area contributed by atoms with Gasteiger partial charge >= 0.3 is 0 Å². The normalized spacial score (nSPS) is 11.1. The molecule has 0 radical (unpaired) electrons. The van der Waals surface area contributed by atoms with Crippen LogP contribution in [0, 0.1) is 0 Å². The van der Waals surface area contributed by atoms with E-state index in [-0.39, 0.29) is 0 Å². The van der Waals surface area contributed by atoms with Crippen LogP contribution in [0.4, 0.5) is 5.82 Å². The van der Waals surface area contributed by atoms with E-state index in [0.29, 0.717) is 5.28 Å². The van der Waals surface area contributed by atoms with E-state index < -0.39 is 0 Å². The number of aromatic nitrogens is 2. The molecule has 0 fully saturated rings. The van der Waals surface area contributed by atoms with Gasteiger partial charge in [-0.2, -0.15) is 0 Å². The van der Waals surface area contributed by atoms with Gasteiger partial charge in [0.1, 0.15) is 10.6 Å². The molecule has 104 valence electrons. The monoisotopic (exact) mass is 297 g/mol. The van der Waals surface area contributed by atoms with E-state index in [1.54, 1.807) is 11.3 Å². The predicted octanol–water partition coefficient (Wildman–Crippen LogP) is 4.90. The van der Waals surface area contributed by atoms with E-state index in [2.05, 4.69) is 35.2 Å². The molecule has 0 saturated carbocycles. The predicted molar refractivity (Wildman–Crippen MR) is 84.4 cm³/mol. The van der Waals surface area contributed by atoms with Crippen LogP contribution in [-0.4, -0.2) is 16.5 Å². The number of rotatable bonds is 7. The van der Waals surface area contributed by atoms with Crippen molar-refractivity contribution in [3.05, 3.63) is 16.2 Å². The summed E-state index contributed by atoms with van der Waals surface area (Å²) in [6, 6.07) is 2.17. The van der Waals surface area contributed by atoms with Crippen LogP contribution in [0.5, 0.6) is 0 Å². The van der Waals surface area contributed by atoms with Crippen molar-refractivity contribution >= 4 is 39.0 Å². The summed E-state index contributed by atoms with van der Waals surface area (Å²) in [4.78, 5) is 10.9. The number of hydrogen-bond acceptors (Lipinski definition) is 4. The minimum Gasteiger partial charge on any atom is -0.369 e. The molecule has 0 aromatic carbocycles. The summed E-state index contributed by atoms with van der Waals surface area (Å²) >= 11 is 7.68. The highest BCUT2D eigenvalue weighted by atomic mass is 35.5. The Kier molecular flexibility index (Phi) is 5.40. The second-order valence-corrected chi connectivity index (χ2v) is 6.07. The molecule has 0 bridgehead atoms. The van der Waals surface area contributed by atoms with E-state index in [4.69, 9.17) is 11.6 Å². The van der Waals surface area contributed by atoms with Crippen molar-refractivity contribution < 1.29 is 0 Å². The third kappa shape index (κ3) is 3.80. The third-order valence-electron chi connectivity index (χ3n) is 3.09. The van der Waals surface area contributed by atoms with Gasteiger partial charge in [-0.05, 0) is 30.5 Å². The van der Waals surface area contributed by atoms with Gasteiger partial charge in [0.25, 0.3) is 0 Å². The Labute approximate surface area is 123 Å². The molecule has 19 heavy (non-hydrogen) atoms. The van der Waals surface area contributed by atoms with E-state index in [9.17, 15) is 0 Å². The second kappa shape index (κ2) is 7.06. The first-order chi connectivity index (χ1) is 9.24. The van der Waals surface area contributed by atoms with Crippen LogP contribution in [0.3, 0.4) is 0 Å². The Bertz CT molecular complexity index is 539. The van der Waals surface area contributed by atoms with Crippen LogP contribution >= 0.6 is 22.9 Å². The minimum absolute atomic E-state index is 0.327. The van der Waals surface area contributed by atoms with E-state index in [1.165, 1.54) is 30.6 Å². The maximum atomic E-state index is 5.98. The number of hydrogen-bond donors (Lipinski definition) is 1. The molecule has 0 atom stereocenters. The van der Waals surface area contributed by atoms with Gasteiger partial charge in [-0.25, -0.2) is 9.97 Å². The van der Waals surface area contributed by atoms with Gasteiger partial charge < -0.3 is 5.32 Å². The van der Waals surface area contributed by atoms with Crippen molar-refractivity contribution in [1.29, 1.82) is 0 Å². The SMILES string of the molecule is CCCCCCNc1nc(Cl)nc2sc(CC)cc12. The fourth-order valence-electron chi connectivity index (χ4n) is 2.01. The Morgan fingerprint density at radius 2 is 2.05 bits per heavy atom. The third-order valence-corrected chi connectivity index (χ3v) is 4.43. The quantitative estimate of drug-likeness (QED) is 0.583. The van der Waals surface area contributed by atoms with Crippen molar-refractivity contribution in [2.24, 2.45) is 0 Å². The van der Waals surface area contributed by atoms with Gasteiger partial charge in [0, 0.05) is 11.4 Å². The number of anilines is 1. The fourth-order valence-corrected chi connectivity index (χ4v) is 3.20. The van der Waals surface area contributed by atoms with Gasteiger partial charge in [0.15, 0.2) is 0 Å². The Hall–Kier alpha value is -0.870. The molecule has 0 aliphatic rings. The van der Waals surface area contributed by atoms with E-state index in [1.807, 2.05) is 0 Å². The Morgan fingerprint density at radius 1 is 1.21 bits per heavy atom. The van der Waals surface area contributed by atoms with Crippen molar-refractivity contribution in [2.75, 3.05) is 11.9 Å². The number of nitrogens with zero attached hydrogens (tertiary/aromatic N) is 2. The number of fused-ring (bicyclic) bond motifs is 1. The van der Waals surface area contributed by atoms with Crippen molar-refractivity contribution in [1.82, 2.24) is 9.97 Å². The molecule has 0 aliphatic carbocycles. The molecule has 3 nitrogen and oxygen atoms in total. The van der Waals surface area contributed by atoms with Crippen molar-refractivity contribution in [3.63, 3.8) is 0 Å². The molecule has 0 amide bonds. The lowest BCUT2D eigenvalue weighted by atomic mass is 10.2. The van der Waals surface area contributed by atoms with Crippen molar-refractivity contribution in [3.8, 4) is 0 Å². The molecule has 0 unspecified atom stereocenters. The number of nitrogens with one attached hydrogen (secondary N) is 1. The second-order valence-electron chi connectivity index (χ2n) is 4.61. The summed E-state index contributed by atoms with van der Waals surface area (Å²) < 4.78 is 0. The molecule has 2 aromatic heterocycles. The number of thiophene rings is 1. The maximum Gasteiger partial charge on any atom is 0.225 e. The largest absolute Gasteiger partial charge is 0.369 e. The highest BCUT2D eigenvalue weighted by Crippen LogP contribution is 2.30. The number of halogens is 1. The van der Waals surface area contributed by atoms with Gasteiger partial charge in [-0.1, -0.05) is 33.1 Å². The zero-order valence-electron chi connectivity index (χ0n) is 11.5. The number of aryl methyl sites for hydroxylation is 1. The van der Waals surface area contributed by atoms with E-state index in [0.717, 1.165) is 29.0 Å². The lowest BCUT2D eigenvalue weighted by Crippen LogP contribution is -2.04. The summed E-state index contributed by atoms with van der Waals surface area (Å²) in [6.45, 7) is 5.32. The van der Waals surface area contributed by atoms with Crippen LogP contribution in [0.25, 0.3) is 10.2 Å². The van der Waals surface area contributed by atoms with Gasteiger partial charge in [0.2, 0.25) is 5.28 Å². The summed E-state index contributed by atoms with van der Waals surface area (Å²) in [5.74, 6) is 0.877. The molecule has 5 heteroatoms. The molecule has 0 aliphatic heterocycles. The van der Waals surface area contributed by atoms with Crippen LogP contribution < -0.4 is 5.32 Å². The summed E-state index contributed by atoms with van der Waals surface area (Å²) in [6.07, 6.45) is 6.00. The first-order valence-electron chi connectivity index (χ1n) is 6.94. The highest BCUT2D eigenvalue weighted by molar-refractivity contribution is 7.18. The topological polar surface area (TPSA) is 37.8 Å². The molecule has 1 N–H and O–H groups in total. The fraction of sp³-hybridized carbons (Fsp3) is 0.571. The highest BCUT2D eigenvalue weighted by Gasteiger charge is 2.10. The minimum atomic E-state index is 0.327. The first kappa shape index (κ1) is 14.5. The van der Waals surface area contributed by atoms with Crippen molar-refractivity contribution in [2.45, 2.75) is 46.0 Å². The summed E-state index contributed by atoms with van der Waals surface area (Å²) in [5, 5.41) is 4.82. The lowest BCUT2D eigenvalue weighted by Gasteiger charge is -2.06. The van der Waals surface area contributed by atoms with Gasteiger partial charge in [0.05, 0.1) is 5.39 Å². The smallest absolute Gasteiger partial charge is 0.225 e. The van der Waals surface area contributed by atoms with Crippen LogP contribution in [-0.2, 0) is 6.42 Å². The zero-order valence-corrected chi connectivity index (χ0v) is 13.1. The Morgan fingerprint density at radius 3 is 2.79 bits per heavy atom. The zero-order chi connectivity index (χ0) is 13.7. The average Bonchev–Trinajstić information content (AvgIpc) is 2.81. The molecule has 0 saturated heterocycles. The summed E-state index contributed by atoms with van der Waals surface area (Å²) in [5.41, 5.74) is 0. The average molecular weight is 298 g/mol. The van der Waals surface area contributed by atoms with Gasteiger partial charge in [-0.3, -0.25) is 0 Å². The molecule has 2 aromatic rings. The Balaban J connectivity index is 2.10. The summed E-state index contributed by atoms with van der Waals surface area (Å²) in [7, 11) is 0. The molecular formula is C14H20ClN3S. The maximum absolute atomic E-state index is 5.98.